The SMILES string of the molecule is CC(O)CC(C)NC(=O)c1ccccn1. The van der Waals surface area contributed by atoms with Gasteiger partial charge in [-0.1, -0.05) is 6.07 Å². The summed E-state index contributed by atoms with van der Waals surface area (Å²) in [6.45, 7) is 3.55. The van der Waals surface area contributed by atoms with Crippen LogP contribution in [0.25, 0.3) is 0 Å². The maximum absolute atomic E-state index is 11.6. The summed E-state index contributed by atoms with van der Waals surface area (Å²) in [4.78, 5) is 15.5. The molecule has 2 N–H and O–H groups in total. The highest BCUT2D eigenvalue weighted by Crippen LogP contribution is 1.99. The molecule has 82 valence electrons. The predicted molar refractivity (Wildman–Crippen MR) is 57.5 cm³/mol. The van der Waals surface area contributed by atoms with E-state index in [1.54, 1.807) is 31.3 Å². The van der Waals surface area contributed by atoms with Crippen LogP contribution in [0.3, 0.4) is 0 Å². The van der Waals surface area contributed by atoms with Crippen molar-refractivity contribution in [2.24, 2.45) is 0 Å². The zero-order chi connectivity index (χ0) is 11.3. The van der Waals surface area contributed by atoms with Crippen molar-refractivity contribution in [1.29, 1.82) is 0 Å². The zero-order valence-electron chi connectivity index (χ0n) is 8.97. The van der Waals surface area contributed by atoms with Crippen LogP contribution in [-0.2, 0) is 0 Å². The first kappa shape index (κ1) is 11.7. The normalized spacial score (nSPS) is 14.3. The Morgan fingerprint density at radius 3 is 2.80 bits per heavy atom. The lowest BCUT2D eigenvalue weighted by Crippen LogP contribution is -2.35. The molecular formula is C11H16N2O2. The van der Waals surface area contributed by atoms with Gasteiger partial charge in [-0.05, 0) is 32.4 Å². The van der Waals surface area contributed by atoms with Crippen molar-refractivity contribution >= 4 is 5.91 Å². The molecule has 0 fully saturated rings. The molecule has 15 heavy (non-hydrogen) atoms. The van der Waals surface area contributed by atoms with Gasteiger partial charge < -0.3 is 10.4 Å². The number of rotatable bonds is 4. The molecule has 1 aromatic rings. The van der Waals surface area contributed by atoms with E-state index in [9.17, 15) is 4.79 Å². The molecule has 0 saturated carbocycles. The first-order chi connectivity index (χ1) is 7.09. The summed E-state index contributed by atoms with van der Waals surface area (Å²) in [7, 11) is 0. The van der Waals surface area contributed by atoms with Gasteiger partial charge in [0.05, 0.1) is 6.10 Å². The van der Waals surface area contributed by atoms with Crippen LogP contribution in [0, 0.1) is 0 Å². The molecule has 4 heteroatoms. The van der Waals surface area contributed by atoms with Crippen LogP contribution in [0.1, 0.15) is 30.8 Å². The minimum Gasteiger partial charge on any atom is -0.393 e. The van der Waals surface area contributed by atoms with Gasteiger partial charge in [-0.3, -0.25) is 9.78 Å². The molecule has 1 amide bonds. The van der Waals surface area contributed by atoms with E-state index in [4.69, 9.17) is 5.11 Å². The summed E-state index contributed by atoms with van der Waals surface area (Å²) < 4.78 is 0. The van der Waals surface area contributed by atoms with Gasteiger partial charge in [0.2, 0.25) is 0 Å². The smallest absolute Gasteiger partial charge is 0.270 e. The molecule has 1 rings (SSSR count). The lowest BCUT2D eigenvalue weighted by Gasteiger charge is -2.14. The largest absolute Gasteiger partial charge is 0.393 e. The van der Waals surface area contributed by atoms with E-state index in [0.717, 1.165) is 0 Å². The standard InChI is InChI=1S/C11H16N2O2/c1-8(7-9(2)14)13-11(15)10-5-3-4-6-12-10/h3-6,8-9,14H,7H2,1-2H3,(H,13,15). The highest BCUT2D eigenvalue weighted by Gasteiger charge is 2.11. The van der Waals surface area contributed by atoms with E-state index < -0.39 is 6.10 Å². The predicted octanol–water partition coefficient (Wildman–Crippen LogP) is 0.971. The summed E-state index contributed by atoms with van der Waals surface area (Å²) in [5.74, 6) is -0.205. The van der Waals surface area contributed by atoms with E-state index in [2.05, 4.69) is 10.3 Å². The van der Waals surface area contributed by atoms with Gasteiger partial charge in [-0.2, -0.15) is 0 Å². The number of nitrogens with one attached hydrogen (secondary N) is 1. The molecule has 0 aliphatic heterocycles. The van der Waals surface area contributed by atoms with E-state index in [0.29, 0.717) is 12.1 Å². The number of pyridine rings is 1. The van der Waals surface area contributed by atoms with Crippen molar-refractivity contribution in [1.82, 2.24) is 10.3 Å². The number of aliphatic hydroxyl groups excluding tert-OH is 1. The number of nitrogens with zero attached hydrogens (tertiary/aromatic N) is 1. The van der Waals surface area contributed by atoms with Crippen molar-refractivity contribution in [3.05, 3.63) is 30.1 Å². The second kappa shape index (κ2) is 5.46. The van der Waals surface area contributed by atoms with E-state index >= 15 is 0 Å². The lowest BCUT2D eigenvalue weighted by molar-refractivity contribution is 0.0918. The van der Waals surface area contributed by atoms with Crippen LogP contribution in [0.15, 0.2) is 24.4 Å². The maximum atomic E-state index is 11.6. The molecular weight excluding hydrogens is 192 g/mol. The fraction of sp³-hybridized carbons (Fsp3) is 0.455. The number of hydrogen-bond donors (Lipinski definition) is 2. The number of carbonyl (C=O) groups is 1. The minimum absolute atomic E-state index is 0.0560. The fourth-order valence-corrected chi connectivity index (χ4v) is 1.37. The Morgan fingerprint density at radius 2 is 2.27 bits per heavy atom. The number of aliphatic hydroxyl groups is 1. The van der Waals surface area contributed by atoms with Crippen LogP contribution < -0.4 is 5.32 Å². The summed E-state index contributed by atoms with van der Waals surface area (Å²) in [5, 5.41) is 11.9. The first-order valence-corrected chi connectivity index (χ1v) is 4.99. The molecule has 0 spiro atoms. The maximum Gasteiger partial charge on any atom is 0.270 e. The highest BCUT2D eigenvalue weighted by molar-refractivity contribution is 5.92. The van der Waals surface area contributed by atoms with Gasteiger partial charge >= 0.3 is 0 Å². The zero-order valence-corrected chi connectivity index (χ0v) is 8.97. The third-order valence-corrected chi connectivity index (χ3v) is 1.97. The molecule has 4 nitrogen and oxygen atoms in total. The molecule has 2 atom stereocenters. The minimum atomic E-state index is -0.413. The summed E-state index contributed by atoms with van der Waals surface area (Å²) in [6, 6.07) is 5.13. The molecule has 0 saturated heterocycles. The van der Waals surface area contributed by atoms with Crippen molar-refractivity contribution in [2.45, 2.75) is 32.4 Å². The van der Waals surface area contributed by atoms with Crippen LogP contribution in [-0.4, -0.2) is 28.1 Å². The van der Waals surface area contributed by atoms with Gasteiger partial charge in [-0.15, -0.1) is 0 Å². The van der Waals surface area contributed by atoms with Crippen molar-refractivity contribution in [3.63, 3.8) is 0 Å². The molecule has 1 heterocycles. The highest BCUT2D eigenvalue weighted by atomic mass is 16.3. The quantitative estimate of drug-likeness (QED) is 0.775. The molecule has 1 aromatic heterocycles. The Kier molecular flexibility index (Phi) is 4.24. The molecule has 0 aliphatic rings. The third-order valence-electron chi connectivity index (χ3n) is 1.97. The summed E-state index contributed by atoms with van der Waals surface area (Å²) in [5.41, 5.74) is 0.398. The lowest BCUT2D eigenvalue weighted by atomic mass is 10.1. The fourth-order valence-electron chi connectivity index (χ4n) is 1.37. The Morgan fingerprint density at radius 1 is 1.53 bits per heavy atom. The van der Waals surface area contributed by atoms with E-state index in [-0.39, 0.29) is 11.9 Å². The Bertz CT molecular complexity index is 312. The number of amides is 1. The Labute approximate surface area is 89.3 Å². The molecule has 2 unspecified atom stereocenters. The van der Waals surface area contributed by atoms with Crippen molar-refractivity contribution in [2.75, 3.05) is 0 Å². The van der Waals surface area contributed by atoms with E-state index in [1.807, 2.05) is 6.92 Å². The van der Waals surface area contributed by atoms with E-state index in [1.165, 1.54) is 0 Å². The Hall–Kier alpha value is -1.42. The number of carbonyl (C=O) groups excluding carboxylic acids is 1. The monoisotopic (exact) mass is 208 g/mol. The Balaban J connectivity index is 2.49. The van der Waals surface area contributed by atoms with Crippen LogP contribution in [0.5, 0.6) is 0 Å². The van der Waals surface area contributed by atoms with Crippen LogP contribution in [0.2, 0.25) is 0 Å². The number of hydrogen-bond acceptors (Lipinski definition) is 3. The topological polar surface area (TPSA) is 62.2 Å². The molecule has 0 bridgehead atoms. The van der Waals surface area contributed by atoms with Crippen molar-refractivity contribution in [3.8, 4) is 0 Å². The number of aromatic nitrogens is 1. The molecule has 0 radical (unpaired) electrons. The average Bonchev–Trinajstić information content (AvgIpc) is 2.17. The second-order valence-electron chi connectivity index (χ2n) is 3.67. The molecule has 0 aliphatic carbocycles. The van der Waals surface area contributed by atoms with Gasteiger partial charge in [0.25, 0.3) is 5.91 Å². The van der Waals surface area contributed by atoms with Crippen LogP contribution in [0.4, 0.5) is 0 Å². The first-order valence-electron chi connectivity index (χ1n) is 4.99. The summed E-state index contributed by atoms with van der Waals surface area (Å²) in [6.07, 6.45) is 1.70. The summed E-state index contributed by atoms with van der Waals surface area (Å²) >= 11 is 0. The van der Waals surface area contributed by atoms with Crippen LogP contribution >= 0.6 is 0 Å². The van der Waals surface area contributed by atoms with Gasteiger partial charge in [0.1, 0.15) is 5.69 Å². The second-order valence-corrected chi connectivity index (χ2v) is 3.67. The third kappa shape index (κ3) is 4.08. The van der Waals surface area contributed by atoms with Gasteiger partial charge in [0, 0.05) is 12.2 Å². The molecule has 0 aromatic carbocycles. The van der Waals surface area contributed by atoms with Crippen molar-refractivity contribution < 1.29 is 9.90 Å². The van der Waals surface area contributed by atoms with Gasteiger partial charge in [0.15, 0.2) is 0 Å². The van der Waals surface area contributed by atoms with Gasteiger partial charge in [-0.25, -0.2) is 0 Å². The average molecular weight is 208 g/mol.